The fourth-order valence-corrected chi connectivity index (χ4v) is 2.05. The predicted molar refractivity (Wildman–Crippen MR) is 89.5 cm³/mol. The van der Waals surface area contributed by atoms with Gasteiger partial charge in [0.1, 0.15) is 0 Å². The van der Waals surface area contributed by atoms with E-state index >= 15 is 0 Å². The summed E-state index contributed by atoms with van der Waals surface area (Å²) in [6.45, 7) is 2.99. The molecule has 0 radical (unpaired) electrons. The van der Waals surface area contributed by atoms with Gasteiger partial charge in [-0.2, -0.15) is 0 Å². The molecule has 0 saturated carbocycles. The Balaban J connectivity index is 1.92. The van der Waals surface area contributed by atoms with Crippen molar-refractivity contribution >= 4 is 29.1 Å². The van der Waals surface area contributed by atoms with Crippen molar-refractivity contribution in [3.8, 4) is 0 Å². The van der Waals surface area contributed by atoms with Crippen molar-refractivity contribution in [3.05, 3.63) is 47.2 Å². The highest BCUT2D eigenvalue weighted by molar-refractivity contribution is 6.33. The van der Waals surface area contributed by atoms with E-state index in [1.165, 1.54) is 25.2 Å². The second-order valence-corrected chi connectivity index (χ2v) is 5.27. The maximum Gasteiger partial charge on any atom is 0.258 e. The van der Waals surface area contributed by atoms with E-state index in [-0.39, 0.29) is 5.91 Å². The molecule has 0 fully saturated rings. The molecule has 0 aliphatic carbocycles. The number of benzene rings is 1. The van der Waals surface area contributed by atoms with E-state index in [9.17, 15) is 4.79 Å². The summed E-state index contributed by atoms with van der Waals surface area (Å²) in [7, 11) is 0. The highest BCUT2D eigenvalue weighted by Crippen LogP contribution is 2.21. The zero-order valence-electron chi connectivity index (χ0n) is 12.5. The Morgan fingerprint density at radius 2 is 1.91 bits per heavy atom. The Labute approximate surface area is 135 Å². The third-order valence-electron chi connectivity index (χ3n) is 3.10. The maximum atomic E-state index is 12.1. The van der Waals surface area contributed by atoms with Gasteiger partial charge in [0.05, 0.1) is 16.3 Å². The first kappa shape index (κ1) is 16.2. The van der Waals surface area contributed by atoms with Gasteiger partial charge in [-0.15, -0.1) is 0 Å². The lowest BCUT2D eigenvalue weighted by Gasteiger charge is -2.07. The van der Waals surface area contributed by atoms with Gasteiger partial charge in [-0.3, -0.25) is 4.79 Å². The predicted octanol–water partition coefficient (Wildman–Crippen LogP) is 3.98. The van der Waals surface area contributed by atoms with Crippen LogP contribution in [0.15, 0.2) is 36.7 Å². The Bertz CT molecular complexity index is 616. The van der Waals surface area contributed by atoms with Gasteiger partial charge in [-0.25, -0.2) is 9.97 Å². The van der Waals surface area contributed by atoms with E-state index in [1.54, 1.807) is 24.3 Å². The highest BCUT2D eigenvalue weighted by atomic mass is 35.5. The number of carbonyl (C=O) groups excluding carboxylic acids is 1. The molecule has 2 rings (SSSR count). The number of aromatic nitrogens is 2. The molecule has 6 heteroatoms. The molecule has 1 amide bonds. The molecule has 0 unspecified atom stereocenters. The van der Waals surface area contributed by atoms with Crippen LogP contribution in [0.5, 0.6) is 0 Å². The summed E-state index contributed by atoms with van der Waals surface area (Å²) >= 11 is 6.01. The first-order chi connectivity index (χ1) is 10.7. The van der Waals surface area contributed by atoms with E-state index in [0.29, 0.717) is 22.2 Å². The summed E-state index contributed by atoms with van der Waals surface area (Å²) in [5.74, 6) is 0.246. The van der Waals surface area contributed by atoms with E-state index < -0.39 is 0 Å². The molecule has 22 heavy (non-hydrogen) atoms. The molecular formula is C16H19ClN4O. The van der Waals surface area contributed by atoms with Gasteiger partial charge in [-0.1, -0.05) is 43.5 Å². The molecule has 0 spiro atoms. The monoisotopic (exact) mass is 318 g/mol. The van der Waals surface area contributed by atoms with Crippen LogP contribution in [0.4, 0.5) is 11.6 Å². The molecule has 0 bridgehead atoms. The Morgan fingerprint density at radius 3 is 2.59 bits per heavy atom. The molecule has 2 aromatic rings. The lowest BCUT2D eigenvalue weighted by atomic mass is 10.2. The normalized spacial score (nSPS) is 10.3. The van der Waals surface area contributed by atoms with Crippen molar-refractivity contribution in [1.29, 1.82) is 0 Å². The van der Waals surface area contributed by atoms with E-state index in [0.717, 1.165) is 13.0 Å². The number of amides is 1. The van der Waals surface area contributed by atoms with Crippen LogP contribution >= 0.6 is 11.6 Å². The van der Waals surface area contributed by atoms with Crippen molar-refractivity contribution in [2.75, 3.05) is 17.2 Å². The number of halogens is 1. The van der Waals surface area contributed by atoms with Crippen molar-refractivity contribution in [2.24, 2.45) is 0 Å². The zero-order valence-corrected chi connectivity index (χ0v) is 13.2. The molecule has 1 aromatic carbocycles. The van der Waals surface area contributed by atoms with Crippen molar-refractivity contribution < 1.29 is 4.79 Å². The fourth-order valence-electron chi connectivity index (χ4n) is 1.87. The van der Waals surface area contributed by atoms with Crippen LogP contribution in [0.1, 0.15) is 36.5 Å². The fraction of sp³-hybridized carbons (Fsp3) is 0.312. The quantitative estimate of drug-likeness (QED) is 0.758. The number of hydrogen-bond donors (Lipinski definition) is 2. The number of carbonyl (C=O) groups is 1. The van der Waals surface area contributed by atoms with Gasteiger partial charge in [0.25, 0.3) is 5.91 Å². The van der Waals surface area contributed by atoms with Crippen LogP contribution < -0.4 is 10.6 Å². The Morgan fingerprint density at radius 1 is 1.18 bits per heavy atom. The summed E-state index contributed by atoms with van der Waals surface area (Å²) < 4.78 is 0. The van der Waals surface area contributed by atoms with Crippen molar-refractivity contribution in [3.63, 3.8) is 0 Å². The van der Waals surface area contributed by atoms with Gasteiger partial charge >= 0.3 is 0 Å². The van der Waals surface area contributed by atoms with E-state index in [1.807, 2.05) is 0 Å². The average molecular weight is 319 g/mol. The smallest absolute Gasteiger partial charge is 0.258 e. The molecule has 1 heterocycles. The lowest BCUT2D eigenvalue weighted by molar-refractivity contribution is 0.102. The number of rotatable bonds is 7. The van der Waals surface area contributed by atoms with Crippen LogP contribution in [-0.2, 0) is 0 Å². The number of anilines is 2. The molecule has 1 aromatic heterocycles. The van der Waals surface area contributed by atoms with Gasteiger partial charge in [0.2, 0.25) is 5.95 Å². The Kier molecular flexibility index (Phi) is 6.15. The molecule has 0 atom stereocenters. The molecule has 0 saturated heterocycles. The SMILES string of the molecule is CCCCCNc1ncc(C(=O)Nc2ccccc2Cl)cn1. The number of nitrogens with one attached hydrogen (secondary N) is 2. The van der Waals surface area contributed by atoms with Crippen LogP contribution in [0.25, 0.3) is 0 Å². The number of nitrogens with zero attached hydrogens (tertiary/aromatic N) is 2. The van der Waals surface area contributed by atoms with Crippen LogP contribution in [0.2, 0.25) is 5.02 Å². The summed E-state index contributed by atoms with van der Waals surface area (Å²) in [5, 5.41) is 6.36. The first-order valence-electron chi connectivity index (χ1n) is 7.32. The van der Waals surface area contributed by atoms with Crippen LogP contribution in [0, 0.1) is 0 Å². The molecule has 0 aliphatic rings. The standard InChI is InChI=1S/C16H19ClN4O/c1-2-3-6-9-18-16-19-10-12(11-20-16)15(22)21-14-8-5-4-7-13(14)17/h4-5,7-8,10-11H,2-3,6,9H2,1H3,(H,21,22)(H,18,19,20). The second kappa shape index (κ2) is 8.34. The average Bonchev–Trinajstić information content (AvgIpc) is 2.54. The summed E-state index contributed by atoms with van der Waals surface area (Å²) in [6, 6.07) is 7.07. The third-order valence-corrected chi connectivity index (χ3v) is 3.43. The molecule has 0 aliphatic heterocycles. The minimum atomic E-state index is -0.286. The zero-order chi connectivity index (χ0) is 15.8. The molecular weight excluding hydrogens is 300 g/mol. The summed E-state index contributed by atoms with van der Waals surface area (Å²) in [5.41, 5.74) is 0.954. The number of para-hydroxylation sites is 1. The van der Waals surface area contributed by atoms with E-state index in [4.69, 9.17) is 11.6 Å². The minimum absolute atomic E-state index is 0.286. The minimum Gasteiger partial charge on any atom is -0.354 e. The Hall–Kier alpha value is -2.14. The van der Waals surface area contributed by atoms with Gasteiger partial charge in [-0.05, 0) is 18.6 Å². The lowest BCUT2D eigenvalue weighted by Crippen LogP contribution is -2.14. The van der Waals surface area contributed by atoms with Gasteiger partial charge < -0.3 is 10.6 Å². The number of hydrogen-bond acceptors (Lipinski definition) is 4. The summed E-state index contributed by atoms with van der Waals surface area (Å²) in [6.07, 6.45) is 6.42. The highest BCUT2D eigenvalue weighted by Gasteiger charge is 2.09. The van der Waals surface area contributed by atoms with Crippen molar-refractivity contribution in [2.45, 2.75) is 26.2 Å². The van der Waals surface area contributed by atoms with Gasteiger partial charge in [0, 0.05) is 18.9 Å². The largest absolute Gasteiger partial charge is 0.354 e. The third kappa shape index (κ3) is 4.70. The molecule has 5 nitrogen and oxygen atoms in total. The van der Waals surface area contributed by atoms with Crippen LogP contribution in [-0.4, -0.2) is 22.4 Å². The van der Waals surface area contributed by atoms with Crippen molar-refractivity contribution in [1.82, 2.24) is 9.97 Å². The van der Waals surface area contributed by atoms with Crippen LogP contribution in [0.3, 0.4) is 0 Å². The molecule has 2 N–H and O–H groups in total. The maximum absolute atomic E-state index is 12.1. The summed E-state index contributed by atoms with van der Waals surface area (Å²) in [4.78, 5) is 20.4. The first-order valence-corrected chi connectivity index (χ1v) is 7.70. The van der Waals surface area contributed by atoms with Gasteiger partial charge in [0.15, 0.2) is 0 Å². The second-order valence-electron chi connectivity index (χ2n) is 4.86. The number of unbranched alkanes of at least 4 members (excludes halogenated alkanes) is 2. The topological polar surface area (TPSA) is 66.9 Å². The molecule has 116 valence electrons. The van der Waals surface area contributed by atoms with E-state index in [2.05, 4.69) is 27.5 Å².